The summed E-state index contributed by atoms with van der Waals surface area (Å²) in [5.74, 6) is 0.791. The predicted octanol–water partition coefficient (Wildman–Crippen LogP) is 2.44. The van der Waals surface area contributed by atoms with E-state index in [1.54, 1.807) is 11.3 Å². The van der Waals surface area contributed by atoms with Crippen LogP contribution in [-0.4, -0.2) is 28.3 Å². The van der Waals surface area contributed by atoms with Crippen molar-refractivity contribution in [2.75, 3.05) is 11.4 Å². The van der Waals surface area contributed by atoms with Gasteiger partial charge in [0.1, 0.15) is 5.69 Å². The highest BCUT2D eigenvalue weighted by Gasteiger charge is 2.19. The minimum atomic E-state index is 0.341. The fourth-order valence-corrected chi connectivity index (χ4v) is 2.59. The van der Waals surface area contributed by atoms with Gasteiger partial charge in [0, 0.05) is 24.2 Å². The number of hydrogen-bond donors (Lipinski definition) is 0. The Bertz CT molecular complexity index is 500. The van der Waals surface area contributed by atoms with E-state index in [0.717, 1.165) is 23.6 Å². The van der Waals surface area contributed by atoms with E-state index in [1.165, 1.54) is 0 Å². The minimum Gasteiger partial charge on any atom is -0.353 e. The van der Waals surface area contributed by atoms with Crippen molar-refractivity contribution in [1.82, 2.24) is 9.38 Å². The van der Waals surface area contributed by atoms with Gasteiger partial charge in [-0.05, 0) is 20.8 Å². The molecule has 2 rings (SSSR count). The highest BCUT2D eigenvalue weighted by Crippen LogP contribution is 2.24. The van der Waals surface area contributed by atoms with E-state index in [1.807, 2.05) is 16.0 Å². The van der Waals surface area contributed by atoms with Gasteiger partial charge < -0.3 is 4.90 Å². The van der Waals surface area contributed by atoms with Crippen molar-refractivity contribution in [1.29, 1.82) is 0 Å². The van der Waals surface area contributed by atoms with Crippen LogP contribution in [0.1, 0.15) is 31.3 Å². The lowest BCUT2D eigenvalue weighted by atomic mass is 10.3. The molecule has 0 fully saturated rings. The van der Waals surface area contributed by atoms with E-state index in [9.17, 15) is 4.79 Å². The first-order chi connectivity index (χ1) is 7.69. The van der Waals surface area contributed by atoms with E-state index in [2.05, 4.69) is 30.7 Å². The van der Waals surface area contributed by atoms with Gasteiger partial charge in [0.25, 0.3) is 0 Å². The zero-order valence-electron chi connectivity index (χ0n) is 9.67. The summed E-state index contributed by atoms with van der Waals surface area (Å²) < 4.78 is 1.85. The average Bonchev–Trinajstić information content (AvgIpc) is 2.77. The number of imidazole rings is 1. The van der Waals surface area contributed by atoms with Gasteiger partial charge in [0.05, 0.1) is 0 Å². The number of fused-ring (bicyclic) bond motifs is 1. The van der Waals surface area contributed by atoms with Crippen LogP contribution in [0.2, 0.25) is 0 Å². The molecule has 0 saturated carbocycles. The third-order valence-corrected chi connectivity index (χ3v) is 3.38. The second kappa shape index (κ2) is 4.25. The Morgan fingerprint density at radius 3 is 2.94 bits per heavy atom. The highest BCUT2D eigenvalue weighted by atomic mass is 32.1. The van der Waals surface area contributed by atoms with Crippen LogP contribution in [0.25, 0.3) is 4.96 Å². The summed E-state index contributed by atoms with van der Waals surface area (Å²) in [4.78, 5) is 18.7. The van der Waals surface area contributed by atoms with Gasteiger partial charge in [0.15, 0.2) is 17.1 Å². The lowest BCUT2D eigenvalue weighted by molar-refractivity contribution is 0.111. The van der Waals surface area contributed by atoms with Crippen LogP contribution >= 0.6 is 11.3 Å². The molecule has 0 radical (unpaired) electrons. The van der Waals surface area contributed by atoms with Crippen LogP contribution in [0.4, 0.5) is 5.82 Å². The molecule has 86 valence electrons. The third-order valence-electron chi connectivity index (χ3n) is 2.63. The second-order valence-corrected chi connectivity index (χ2v) is 4.75. The number of rotatable bonds is 4. The highest BCUT2D eigenvalue weighted by molar-refractivity contribution is 7.15. The quantitative estimate of drug-likeness (QED) is 0.766. The number of aromatic nitrogens is 2. The standard InChI is InChI=1S/C11H15N3OS/c1-4-13(8(2)3)10-9(7-15)14-5-6-16-11(14)12-10/h5-8H,4H2,1-3H3. The molecule has 4 nitrogen and oxygen atoms in total. The summed E-state index contributed by atoms with van der Waals surface area (Å²) in [5.41, 5.74) is 0.645. The van der Waals surface area contributed by atoms with E-state index in [0.29, 0.717) is 11.7 Å². The molecule has 16 heavy (non-hydrogen) atoms. The van der Waals surface area contributed by atoms with Gasteiger partial charge in [-0.1, -0.05) is 0 Å². The Kier molecular flexibility index (Phi) is 2.96. The fourth-order valence-electron chi connectivity index (χ4n) is 1.87. The van der Waals surface area contributed by atoms with Crippen LogP contribution in [0.15, 0.2) is 11.6 Å². The number of hydrogen-bond acceptors (Lipinski definition) is 4. The van der Waals surface area contributed by atoms with Crippen LogP contribution in [0, 0.1) is 0 Å². The maximum atomic E-state index is 11.2. The SMILES string of the molecule is CCN(c1nc2sccn2c1C=O)C(C)C. The number of anilines is 1. The molecule has 2 heterocycles. The van der Waals surface area contributed by atoms with E-state index >= 15 is 0 Å². The smallest absolute Gasteiger partial charge is 0.196 e. The summed E-state index contributed by atoms with van der Waals surface area (Å²) in [7, 11) is 0. The van der Waals surface area contributed by atoms with Gasteiger partial charge in [0.2, 0.25) is 0 Å². The molecule has 2 aromatic rings. The van der Waals surface area contributed by atoms with Crippen LogP contribution < -0.4 is 4.90 Å². The summed E-state index contributed by atoms with van der Waals surface area (Å²) in [5, 5.41) is 1.94. The second-order valence-electron chi connectivity index (χ2n) is 3.87. The van der Waals surface area contributed by atoms with Gasteiger partial charge in [-0.15, -0.1) is 11.3 Å². The van der Waals surface area contributed by atoms with Crippen molar-refractivity contribution in [3.05, 3.63) is 17.3 Å². The van der Waals surface area contributed by atoms with E-state index in [4.69, 9.17) is 0 Å². The molecule has 0 spiro atoms. The first-order valence-corrected chi connectivity index (χ1v) is 6.24. The summed E-state index contributed by atoms with van der Waals surface area (Å²) in [6, 6.07) is 0.341. The molecule has 5 heteroatoms. The lowest BCUT2D eigenvalue weighted by Gasteiger charge is -2.25. The summed E-state index contributed by atoms with van der Waals surface area (Å²) in [6.07, 6.45) is 2.77. The topological polar surface area (TPSA) is 37.6 Å². The van der Waals surface area contributed by atoms with Gasteiger partial charge in [-0.3, -0.25) is 9.20 Å². The van der Waals surface area contributed by atoms with Crippen molar-refractivity contribution < 1.29 is 4.79 Å². The summed E-state index contributed by atoms with van der Waals surface area (Å²) in [6.45, 7) is 7.13. The van der Waals surface area contributed by atoms with E-state index in [-0.39, 0.29) is 0 Å². The monoisotopic (exact) mass is 237 g/mol. The number of carbonyl (C=O) groups excluding carboxylic acids is 1. The number of nitrogens with zero attached hydrogens (tertiary/aromatic N) is 3. The van der Waals surface area contributed by atoms with Crippen molar-refractivity contribution in [3.8, 4) is 0 Å². The first-order valence-electron chi connectivity index (χ1n) is 5.36. The molecule has 0 atom stereocenters. The minimum absolute atomic E-state index is 0.341. The predicted molar refractivity (Wildman–Crippen MR) is 66.6 cm³/mol. The molecule has 0 unspecified atom stereocenters. The Morgan fingerprint density at radius 2 is 2.38 bits per heavy atom. The number of thiazole rings is 1. The lowest BCUT2D eigenvalue weighted by Crippen LogP contribution is -2.31. The third kappa shape index (κ3) is 1.61. The van der Waals surface area contributed by atoms with Gasteiger partial charge >= 0.3 is 0 Å². The first kappa shape index (κ1) is 11.1. The van der Waals surface area contributed by atoms with Crippen LogP contribution in [0.3, 0.4) is 0 Å². The number of aldehydes is 1. The molecular formula is C11H15N3OS. The molecule has 0 aliphatic rings. The maximum Gasteiger partial charge on any atom is 0.196 e. The largest absolute Gasteiger partial charge is 0.353 e. The molecule has 0 aliphatic carbocycles. The molecule has 2 aromatic heterocycles. The molecule has 0 amide bonds. The van der Waals surface area contributed by atoms with Crippen LogP contribution in [0.5, 0.6) is 0 Å². The Morgan fingerprint density at radius 1 is 1.62 bits per heavy atom. The fraction of sp³-hybridized carbons (Fsp3) is 0.455. The van der Waals surface area contributed by atoms with Crippen molar-refractivity contribution in [2.24, 2.45) is 0 Å². The molecule has 0 saturated heterocycles. The zero-order valence-corrected chi connectivity index (χ0v) is 10.5. The average molecular weight is 237 g/mol. The molecule has 0 aromatic carbocycles. The van der Waals surface area contributed by atoms with Crippen molar-refractivity contribution in [2.45, 2.75) is 26.8 Å². The summed E-state index contributed by atoms with van der Waals surface area (Å²) >= 11 is 1.54. The molecule has 0 bridgehead atoms. The van der Waals surface area contributed by atoms with E-state index < -0.39 is 0 Å². The Hall–Kier alpha value is -1.36. The Labute approximate surface area is 98.5 Å². The van der Waals surface area contributed by atoms with Gasteiger partial charge in [-0.25, -0.2) is 4.98 Å². The maximum absolute atomic E-state index is 11.2. The normalized spacial score (nSPS) is 11.2. The van der Waals surface area contributed by atoms with Crippen LogP contribution in [-0.2, 0) is 0 Å². The molecular weight excluding hydrogens is 222 g/mol. The van der Waals surface area contributed by atoms with Gasteiger partial charge in [-0.2, -0.15) is 0 Å². The zero-order chi connectivity index (χ0) is 11.7. The van der Waals surface area contributed by atoms with Crippen molar-refractivity contribution >= 4 is 28.4 Å². The molecule has 0 aliphatic heterocycles. The van der Waals surface area contributed by atoms with Crippen molar-refractivity contribution in [3.63, 3.8) is 0 Å². The Balaban J connectivity index is 2.57. The number of carbonyl (C=O) groups is 1. The molecule has 0 N–H and O–H groups in total.